The first-order valence-corrected chi connectivity index (χ1v) is 9.26. The normalized spacial score (nSPS) is 11.7. The topological polar surface area (TPSA) is 85.1 Å². The maximum Gasteiger partial charge on any atom is 0.263 e. The number of aryl methyl sites for hydroxylation is 3. The first-order chi connectivity index (χ1) is 11.3. The number of nitrogens with one attached hydrogen (secondary N) is 1. The first-order valence-electron chi connectivity index (χ1n) is 6.96. The summed E-state index contributed by atoms with van der Waals surface area (Å²) in [5, 5.41) is 3.79. The molecule has 6 nitrogen and oxygen atoms in total. The Kier molecular flexibility index (Phi) is 4.14. The summed E-state index contributed by atoms with van der Waals surface area (Å²) in [7, 11) is -3.85. The molecule has 126 valence electrons. The van der Waals surface area contributed by atoms with Gasteiger partial charge in [-0.15, -0.1) is 11.3 Å². The third-order valence-corrected chi connectivity index (χ3v) is 6.02. The minimum absolute atomic E-state index is 0.103. The molecule has 0 fully saturated rings. The van der Waals surface area contributed by atoms with Gasteiger partial charge in [0, 0.05) is 11.8 Å². The van der Waals surface area contributed by atoms with E-state index in [9.17, 15) is 12.8 Å². The Hall–Kier alpha value is -2.26. The second-order valence-corrected chi connectivity index (χ2v) is 8.14. The molecule has 0 aliphatic rings. The van der Waals surface area contributed by atoms with Gasteiger partial charge in [0.15, 0.2) is 0 Å². The molecule has 1 aromatic carbocycles. The summed E-state index contributed by atoms with van der Waals surface area (Å²) in [6.07, 6.45) is 0. The van der Waals surface area contributed by atoms with Crippen LogP contribution in [0, 0.1) is 26.6 Å². The summed E-state index contributed by atoms with van der Waals surface area (Å²) in [5.41, 5.74) is 0.611. The number of rotatable bonds is 4. The molecule has 0 aliphatic carbocycles. The molecule has 0 atom stereocenters. The molecule has 0 unspecified atom stereocenters. The van der Waals surface area contributed by atoms with Crippen molar-refractivity contribution in [3.05, 3.63) is 46.4 Å². The minimum Gasteiger partial charge on any atom is -0.339 e. The van der Waals surface area contributed by atoms with E-state index >= 15 is 0 Å². The fourth-order valence-electron chi connectivity index (χ4n) is 2.11. The van der Waals surface area contributed by atoms with E-state index in [1.54, 1.807) is 20.8 Å². The van der Waals surface area contributed by atoms with Crippen LogP contribution in [0.5, 0.6) is 0 Å². The molecule has 9 heteroatoms. The second kappa shape index (κ2) is 5.99. The Bertz CT molecular complexity index is 1010. The smallest absolute Gasteiger partial charge is 0.263 e. The van der Waals surface area contributed by atoms with Gasteiger partial charge >= 0.3 is 0 Å². The average Bonchev–Trinajstić information content (AvgIpc) is 3.09. The molecule has 24 heavy (non-hydrogen) atoms. The van der Waals surface area contributed by atoms with E-state index in [1.165, 1.54) is 29.5 Å². The number of thiophene rings is 1. The van der Waals surface area contributed by atoms with Crippen molar-refractivity contribution >= 4 is 27.0 Å². The number of nitrogens with zero attached hydrogens (tertiary/aromatic N) is 2. The van der Waals surface area contributed by atoms with Crippen LogP contribution in [0.4, 0.5) is 10.1 Å². The van der Waals surface area contributed by atoms with E-state index in [4.69, 9.17) is 4.52 Å². The number of anilines is 1. The van der Waals surface area contributed by atoms with Gasteiger partial charge in [0.1, 0.15) is 10.7 Å². The number of hydrogen-bond donors (Lipinski definition) is 1. The lowest BCUT2D eigenvalue weighted by molar-refractivity contribution is 0.394. The summed E-state index contributed by atoms with van der Waals surface area (Å²) in [6, 6.07) is 5.66. The Morgan fingerprint density at radius 2 is 1.96 bits per heavy atom. The Balaban J connectivity index is 1.95. The van der Waals surface area contributed by atoms with Gasteiger partial charge in [-0.05, 0) is 37.6 Å². The Morgan fingerprint density at radius 1 is 1.21 bits per heavy atom. The molecule has 0 saturated heterocycles. The largest absolute Gasteiger partial charge is 0.339 e. The molecular weight excluding hydrogens is 353 g/mol. The first kappa shape index (κ1) is 16.6. The van der Waals surface area contributed by atoms with E-state index < -0.39 is 15.8 Å². The zero-order valence-electron chi connectivity index (χ0n) is 13.1. The molecule has 0 amide bonds. The van der Waals surface area contributed by atoms with Crippen molar-refractivity contribution in [2.45, 2.75) is 25.7 Å². The van der Waals surface area contributed by atoms with Gasteiger partial charge in [-0.2, -0.15) is 4.98 Å². The Labute approximate surface area is 142 Å². The third-order valence-electron chi connectivity index (χ3n) is 3.33. The molecule has 0 radical (unpaired) electrons. The molecular formula is C15H14FN3O3S2. The predicted octanol–water partition coefficient (Wildman–Crippen LogP) is 3.66. The average molecular weight is 367 g/mol. The van der Waals surface area contributed by atoms with Crippen molar-refractivity contribution < 1.29 is 17.3 Å². The number of halogens is 1. The third kappa shape index (κ3) is 3.17. The lowest BCUT2D eigenvalue weighted by atomic mass is 10.2. The fraction of sp³-hybridized carbons (Fsp3) is 0.200. The highest BCUT2D eigenvalue weighted by Crippen LogP contribution is 2.33. The maximum atomic E-state index is 13.6. The molecule has 0 spiro atoms. The van der Waals surface area contributed by atoms with E-state index in [-0.39, 0.29) is 10.6 Å². The molecule has 0 aliphatic heterocycles. The van der Waals surface area contributed by atoms with Crippen LogP contribution in [0.25, 0.3) is 10.7 Å². The van der Waals surface area contributed by atoms with Crippen molar-refractivity contribution in [3.63, 3.8) is 0 Å². The summed E-state index contributed by atoms with van der Waals surface area (Å²) >= 11 is 1.25. The predicted molar refractivity (Wildman–Crippen MR) is 89.0 cm³/mol. The zero-order valence-corrected chi connectivity index (χ0v) is 14.8. The van der Waals surface area contributed by atoms with Crippen LogP contribution in [-0.2, 0) is 10.0 Å². The van der Waals surface area contributed by atoms with Crippen molar-refractivity contribution in [3.8, 4) is 10.7 Å². The maximum absolute atomic E-state index is 13.6. The summed E-state index contributed by atoms with van der Waals surface area (Å²) in [6.45, 7) is 4.95. The SMILES string of the molecule is Cc1nc(-c2cc(S(=O)(=O)Nc3ccc(C)c(F)c3)c(C)s2)no1. The van der Waals surface area contributed by atoms with Gasteiger partial charge in [0.2, 0.25) is 11.7 Å². The summed E-state index contributed by atoms with van der Waals surface area (Å²) < 4.78 is 46.1. The highest BCUT2D eigenvalue weighted by molar-refractivity contribution is 7.93. The van der Waals surface area contributed by atoms with Gasteiger partial charge in [-0.25, -0.2) is 12.8 Å². The highest BCUT2D eigenvalue weighted by atomic mass is 32.2. The molecule has 2 heterocycles. The van der Waals surface area contributed by atoms with Crippen LogP contribution in [0.2, 0.25) is 0 Å². The molecule has 2 aromatic heterocycles. The second-order valence-electron chi connectivity index (χ2n) is 5.24. The van der Waals surface area contributed by atoms with E-state index in [0.717, 1.165) is 6.07 Å². The number of sulfonamides is 1. The van der Waals surface area contributed by atoms with Gasteiger partial charge in [-0.3, -0.25) is 4.72 Å². The van der Waals surface area contributed by atoms with Crippen LogP contribution in [0.1, 0.15) is 16.3 Å². The lowest BCUT2D eigenvalue weighted by Gasteiger charge is -2.08. The van der Waals surface area contributed by atoms with Gasteiger partial charge in [0.25, 0.3) is 10.0 Å². The van der Waals surface area contributed by atoms with Gasteiger partial charge in [-0.1, -0.05) is 11.2 Å². The number of aromatic nitrogens is 2. The number of hydrogen-bond acceptors (Lipinski definition) is 6. The number of benzene rings is 1. The van der Waals surface area contributed by atoms with Crippen LogP contribution in [0.3, 0.4) is 0 Å². The van der Waals surface area contributed by atoms with Crippen LogP contribution in [0.15, 0.2) is 33.7 Å². The molecule has 1 N–H and O–H groups in total. The van der Waals surface area contributed by atoms with Crippen molar-refractivity contribution in [2.24, 2.45) is 0 Å². The quantitative estimate of drug-likeness (QED) is 0.760. The van der Waals surface area contributed by atoms with Crippen LogP contribution >= 0.6 is 11.3 Å². The fourth-order valence-corrected chi connectivity index (χ4v) is 4.68. The zero-order chi connectivity index (χ0) is 17.5. The molecule has 3 rings (SSSR count). The lowest BCUT2D eigenvalue weighted by Crippen LogP contribution is -2.13. The van der Waals surface area contributed by atoms with Gasteiger partial charge in [0.05, 0.1) is 10.6 Å². The van der Waals surface area contributed by atoms with E-state index in [2.05, 4.69) is 14.9 Å². The van der Waals surface area contributed by atoms with Crippen molar-refractivity contribution in [2.75, 3.05) is 4.72 Å². The highest BCUT2D eigenvalue weighted by Gasteiger charge is 2.22. The Morgan fingerprint density at radius 3 is 2.58 bits per heavy atom. The summed E-state index contributed by atoms with van der Waals surface area (Å²) in [5.74, 6) is 0.261. The monoisotopic (exact) mass is 367 g/mol. The standard InChI is InChI=1S/C15H14FN3O3S2/c1-8-4-5-11(6-12(8)16)19-24(20,21)14-7-13(23-9(14)2)15-17-10(3)22-18-15/h4-7,19H,1-3H3. The molecule has 3 aromatic rings. The van der Waals surface area contributed by atoms with E-state index in [0.29, 0.717) is 27.0 Å². The van der Waals surface area contributed by atoms with Crippen LogP contribution in [-0.4, -0.2) is 18.6 Å². The van der Waals surface area contributed by atoms with Gasteiger partial charge < -0.3 is 4.52 Å². The van der Waals surface area contributed by atoms with Crippen molar-refractivity contribution in [1.29, 1.82) is 0 Å². The molecule has 0 bridgehead atoms. The summed E-state index contributed by atoms with van der Waals surface area (Å²) in [4.78, 5) is 5.35. The minimum atomic E-state index is -3.85. The van der Waals surface area contributed by atoms with E-state index in [1.807, 2.05) is 0 Å². The van der Waals surface area contributed by atoms with Crippen molar-refractivity contribution in [1.82, 2.24) is 10.1 Å². The molecule has 0 saturated carbocycles. The van der Waals surface area contributed by atoms with Crippen LogP contribution < -0.4 is 4.72 Å².